The van der Waals surface area contributed by atoms with E-state index in [9.17, 15) is 0 Å². The molecule has 2 unspecified atom stereocenters. The van der Waals surface area contributed by atoms with Crippen molar-refractivity contribution in [1.82, 2.24) is 9.55 Å². The van der Waals surface area contributed by atoms with Gasteiger partial charge in [0.05, 0.1) is 17.1 Å². The summed E-state index contributed by atoms with van der Waals surface area (Å²) in [6.45, 7) is 6.54. The van der Waals surface area contributed by atoms with E-state index in [4.69, 9.17) is 10.5 Å². The number of benzene rings is 1. The summed E-state index contributed by atoms with van der Waals surface area (Å²) >= 11 is 0. The second-order valence-corrected chi connectivity index (χ2v) is 6.08. The number of nitrogens with zero attached hydrogens (tertiary/aromatic N) is 2. The third-order valence-electron chi connectivity index (χ3n) is 4.67. The van der Waals surface area contributed by atoms with Crippen molar-refractivity contribution in [3.05, 3.63) is 23.8 Å². The Bertz CT molecular complexity index is 630. The number of hydrogen-bond donors (Lipinski definition) is 1. The minimum Gasteiger partial charge on any atom is -0.381 e. The van der Waals surface area contributed by atoms with Crippen LogP contribution < -0.4 is 5.73 Å². The van der Waals surface area contributed by atoms with Gasteiger partial charge in [0, 0.05) is 18.6 Å². The van der Waals surface area contributed by atoms with Gasteiger partial charge in [0.25, 0.3) is 0 Å². The lowest BCUT2D eigenvalue weighted by atomic mass is 9.64. The largest absolute Gasteiger partial charge is 0.381 e. The van der Waals surface area contributed by atoms with E-state index < -0.39 is 0 Å². The summed E-state index contributed by atoms with van der Waals surface area (Å²) in [6, 6.07) is 6.59. The fourth-order valence-electron chi connectivity index (χ4n) is 3.31. The Labute approximate surface area is 113 Å². The number of rotatable bonds is 2. The van der Waals surface area contributed by atoms with Crippen molar-refractivity contribution in [3.63, 3.8) is 0 Å². The number of methoxy groups -OCH3 is 1. The molecule has 1 aliphatic carbocycles. The summed E-state index contributed by atoms with van der Waals surface area (Å²) in [5.74, 6) is 0.608. The van der Waals surface area contributed by atoms with Crippen LogP contribution in [0.3, 0.4) is 0 Å². The predicted molar refractivity (Wildman–Crippen MR) is 77.1 cm³/mol. The Kier molecular flexibility index (Phi) is 2.61. The number of imidazole rings is 1. The third-order valence-corrected chi connectivity index (χ3v) is 4.67. The monoisotopic (exact) mass is 259 g/mol. The Morgan fingerprint density at radius 2 is 2.16 bits per heavy atom. The van der Waals surface area contributed by atoms with Crippen LogP contribution in [-0.2, 0) is 4.74 Å². The maximum Gasteiger partial charge on any atom is 0.201 e. The molecule has 0 spiro atoms. The lowest BCUT2D eigenvalue weighted by molar-refractivity contribution is -0.110. The van der Waals surface area contributed by atoms with E-state index in [1.54, 1.807) is 7.11 Å². The van der Waals surface area contributed by atoms with E-state index in [-0.39, 0.29) is 5.41 Å². The van der Waals surface area contributed by atoms with Crippen molar-refractivity contribution in [2.24, 2.45) is 5.41 Å². The molecule has 1 saturated carbocycles. The third kappa shape index (κ3) is 1.59. The highest BCUT2D eigenvalue weighted by Crippen LogP contribution is 2.52. The average Bonchev–Trinajstić information content (AvgIpc) is 2.68. The number of aromatic nitrogens is 2. The molecule has 1 aromatic heterocycles. The van der Waals surface area contributed by atoms with Crippen LogP contribution in [0.1, 0.15) is 31.9 Å². The minimum absolute atomic E-state index is 0.0836. The molecule has 19 heavy (non-hydrogen) atoms. The Balaban J connectivity index is 2.12. The van der Waals surface area contributed by atoms with Gasteiger partial charge in [0.2, 0.25) is 5.95 Å². The fraction of sp³-hybridized carbons (Fsp3) is 0.533. The number of hydrogen-bond acceptors (Lipinski definition) is 3. The molecule has 0 aliphatic heterocycles. The molecule has 2 atom stereocenters. The maximum atomic E-state index is 6.15. The number of nitrogens with two attached hydrogens (primary N) is 1. The molecule has 102 valence electrons. The fourth-order valence-corrected chi connectivity index (χ4v) is 3.31. The van der Waals surface area contributed by atoms with Gasteiger partial charge in [-0.1, -0.05) is 26.0 Å². The summed E-state index contributed by atoms with van der Waals surface area (Å²) in [5.41, 5.74) is 9.55. The zero-order valence-corrected chi connectivity index (χ0v) is 12.0. The Morgan fingerprint density at radius 3 is 2.79 bits per heavy atom. The number of ether oxygens (including phenoxy) is 1. The Hall–Kier alpha value is -1.55. The molecular formula is C15H21N3O. The first-order valence-corrected chi connectivity index (χ1v) is 6.72. The van der Waals surface area contributed by atoms with Crippen LogP contribution in [0.25, 0.3) is 11.0 Å². The lowest BCUT2D eigenvalue weighted by Gasteiger charge is -2.51. The van der Waals surface area contributed by atoms with Gasteiger partial charge in [-0.05, 0) is 25.0 Å². The highest BCUT2D eigenvalue weighted by molar-refractivity contribution is 5.81. The lowest BCUT2D eigenvalue weighted by Crippen LogP contribution is -2.51. The van der Waals surface area contributed by atoms with Crippen LogP contribution in [0.2, 0.25) is 0 Å². The predicted octanol–water partition coefficient (Wildman–Crippen LogP) is 2.91. The van der Waals surface area contributed by atoms with Crippen molar-refractivity contribution in [2.45, 2.75) is 39.3 Å². The van der Waals surface area contributed by atoms with Crippen molar-refractivity contribution >= 4 is 17.0 Å². The summed E-state index contributed by atoms with van der Waals surface area (Å²) in [5, 5.41) is 0. The molecule has 0 radical (unpaired) electrons. The zero-order chi connectivity index (χ0) is 13.8. The maximum absolute atomic E-state index is 6.15. The molecule has 1 aliphatic rings. The van der Waals surface area contributed by atoms with E-state index in [0.717, 1.165) is 17.5 Å². The molecule has 1 aromatic carbocycles. The number of fused-ring (bicyclic) bond motifs is 1. The highest BCUT2D eigenvalue weighted by Gasteiger charge is 2.50. The standard InChI is InChI=1S/C15H21N3O/c1-9-6-5-7-10-13(9)17-14(16)18(10)11-8-12(19-4)15(11,2)3/h5-7,11-12H,8H2,1-4H3,(H2,16,17). The van der Waals surface area contributed by atoms with Crippen LogP contribution in [0.4, 0.5) is 5.95 Å². The van der Waals surface area contributed by atoms with Crippen LogP contribution in [-0.4, -0.2) is 22.8 Å². The molecule has 0 saturated heterocycles. The highest BCUT2D eigenvalue weighted by atomic mass is 16.5. The van der Waals surface area contributed by atoms with Gasteiger partial charge < -0.3 is 15.0 Å². The molecule has 0 bridgehead atoms. The SMILES string of the molecule is COC1CC(n2c(N)nc3c(C)cccc32)C1(C)C. The normalized spacial score (nSPS) is 25.5. The van der Waals surface area contributed by atoms with Gasteiger partial charge in [-0.15, -0.1) is 0 Å². The molecule has 1 heterocycles. The summed E-state index contributed by atoms with van der Waals surface area (Å²) in [4.78, 5) is 4.53. The first-order chi connectivity index (χ1) is 8.96. The number of nitrogen functional groups attached to an aromatic ring is 1. The van der Waals surface area contributed by atoms with E-state index >= 15 is 0 Å². The molecule has 1 fully saturated rings. The molecule has 3 rings (SSSR count). The second kappa shape index (κ2) is 3.97. The summed E-state index contributed by atoms with van der Waals surface area (Å²) in [6.07, 6.45) is 1.28. The van der Waals surface area contributed by atoms with Crippen molar-refractivity contribution in [2.75, 3.05) is 12.8 Å². The van der Waals surface area contributed by atoms with Crippen molar-refractivity contribution < 1.29 is 4.74 Å². The minimum atomic E-state index is 0.0836. The first-order valence-electron chi connectivity index (χ1n) is 6.72. The van der Waals surface area contributed by atoms with E-state index in [0.29, 0.717) is 18.1 Å². The number of aryl methyl sites for hydroxylation is 1. The average molecular weight is 259 g/mol. The zero-order valence-electron chi connectivity index (χ0n) is 12.0. The van der Waals surface area contributed by atoms with Crippen LogP contribution in [0.5, 0.6) is 0 Å². The number of para-hydroxylation sites is 1. The van der Waals surface area contributed by atoms with Crippen molar-refractivity contribution in [1.29, 1.82) is 0 Å². The smallest absolute Gasteiger partial charge is 0.201 e. The van der Waals surface area contributed by atoms with Gasteiger partial charge >= 0.3 is 0 Å². The van der Waals surface area contributed by atoms with E-state index in [2.05, 4.69) is 48.5 Å². The molecule has 4 nitrogen and oxygen atoms in total. The van der Waals surface area contributed by atoms with Gasteiger partial charge in [-0.25, -0.2) is 4.98 Å². The van der Waals surface area contributed by atoms with Gasteiger partial charge in [-0.2, -0.15) is 0 Å². The van der Waals surface area contributed by atoms with Gasteiger partial charge in [0.1, 0.15) is 0 Å². The first kappa shape index (κ1) is 12.5. The molecular weight excluding hydrogens is 238 g/mol. The molecule has 4 heteroatoms. The summed E-state index contributed by atoms with van der Waals surface area (Å²) in [7, 11) is 1.78. The van der Waals surface area contributed by atoms with Crippen LogP contribution in [0.15, 0.2) is 18.2 Å². The van der Waals surface area contributed by atoms with Crippen molar-refractivity contribution in [3.8, 4) is 0 Å². The summed E-state index contributed by atoms with van der Waals surface area (Å²) < 4.78 is 7.71. The quantitative estimate of drug-likeness (QED) is 0.902. The van der Waals surface area contributed by atoms with Gasteiger partial charge in [-0.3, -0.25) is 0 Å². The van der Waals surface area contributed by atoms with Crippen LogP contribution >= 0.6 is 0 Å². The Morgan fingerprint density at radius 1 is 1.42 bits per heavy atom. The molecule has 2 aromatic rings. The molecule has 2 N–H and O–H groups in total. The topological polar surface area (TPSA) is 53.1 Å². The van der Waals surface area contributed by atoms with E-state index in [1.165, 1.54) is 5.56 Å². The number of anilines is 1. The van der Waals surface area contributed by atoms with Gasteiger partial charge in [0.15, 0.2) is 0 Å². The second-order valence-electron chi connectivity index (χ2n) is 6.08. The van der Waals surface area contributed by atoms with E-state index in [1.807, 2.05) is 0 Å². The van der Waals surface area contributed by atoms with Crippen LogP contribution in [0, 0.1) is 12.3 Å². The molecule has 0 amide bonds.